The summed E-state index contributed by atoms with van der Waals surface area (Å²) in [4.78, 5) is 0. The van der Waals surface area contributed by atoms with Gasteiger partial charge in [-0.2, -0.15) is 0 Å². The monoisotopic (exact) mass is 284 g/mol. The molecule has 3 N–H and O–H groups in total. The van der Waals surface area contributed by atoms with Crippen LogP contribution in [-0.4, -0.2) is 26.3 Å². The van der Waals surface area contributed by atoms with E-state index in [4.69, 9.17) is 5.73 Å². The van der Waals surface area contributed by atoms with Crippen molar-refractivity contribution >= 4 is 10.0 Å². The van der Waals surface area contributed by atoms with Crippen molar-refractivity contribution < 1.29 is 8.42 Å². The van der Waals surface area contributed by atoms with E-state index in [2.05, 4.69) is 16.9 Å². The molecule has 0 unspecified atom stereocenters. The highest BCUT2D eigenvalue weighted by molar-refractivity contribution is 7.89. The van der Waals surface area contributed by atoms with E-state index in [0.29, 0.717) is 13.0 Å². The number of aryl methyl sites for hydroxylation is 1. The Hall–Kier alpha value is -0.910. The summed E-state index contributed by atoms with van der Waals surface area (Å²) in [6.07, 6.45) is 2.11. The number of nitrogens with two attached hydrogens (primary N) is 1. The third kappa shape index (κ3) is 6.71. The van der Waals surface area contributed by atoms with Crippen LogP contribution in [0.15, 0.2) is 30.3 Å². The van der Waals surface area contributed by atoms with Crippen LogP contribution in [0.5, 0.6) is 0 Å². The number of hydrogen-bond donors (Lipinski definition) is 2. The van der Waals surface area contributed by atoms with Gasteiger partial charge in [-0.3, -0.25) is 0 Å². The Morgan fingerprint density at radius 3 is 2.42 bits per heavy atom. The molecule has 0 saturated carbocycles. The highest BCUT2D eigenvalue weighted by Crippen LogP contribution is 2.15. The summed E-state index contributed by atoms with van der Waals surface area (Å²) >= 11 is 0. The van der Waals surface area contributed by atoms with Crippen molar-refractivity contribution in [1.82, 2.24) is 4.72 Å². The minimum Gasteiger partial charge on any atom is -0.330 e. The van der Waals surface area contributed by atoms with E-state index in [1.165, 1.54) is 5.56 Å². The van der Waals surface area contributed by atoms with Crippen LogP contribution in [-0.2, 0) is 16.4 Å². The van der Waals surface area contributed by atoms with Gasteiger partial charge < -0.3 is 5.73 Å². The maximum atomic E-state index is 11.8. The summed E-state index contributed by atoms with van der Waals surface area (Å²) in [5.74, 6) is 0.0955. The van der Waals surface area contributed by atoms with Gasteiger partial charge in [-0.1, -0.05) is 30.3 Å². The predicted octanol–water partition coefficient (Wildman–Crippen LogP) is 1.67. The minimum atomic E-state index is -3.24. The fraction of sp³-hybridized carbons (Fsp3) is 0.571. The maximum absolute atomic E-state index is 11.8. The quantitative estimate of drug-likeness (QED) is 0.762. The van der Waals surface area contributed by atoms with E-state index < -0.39 is 15.6 Å². The lowest BCUT2D eigenvalue weighted by atomic mass is 9.97. The number of sulfonamides is 1. The first kappa shape index (κ1) is 16.1. The Kier molecular flexibility index (Phi) is 5.97. The summed E-state index contributed by atoms with van der Waals surface area (Å²) in [6.45, 7) is 4.22. The summed E-state index contributed by atoms with van der Waals surface area (Å²) in [6, 6.07) is 10.1. The van der Waals surface area contributed by atoms with E-state index in [1.54, 1.807) is 0 Å². The lowest BCUT2D eigenvalue weighted by molar-refractivity contribution is 0.422. The highest BCUT2D eigenvalue weighted by atomic mass is 32.2. The molecule has 1 aromatic carbocycles. The average molecular weight is 284 g/mol. The van der Waals surface area contributed by atoms with Gasteiger partial charge in [-0.25, -0.2) is 13.1 Å². The van der Waals surface area contributed by atoms with Crippen LogP contribution in [0.3, 0.4) is 0 Å². The third-order valence-electron chi connectivity index (χ3n) is 2.93. The van der Waals surface area contributed by atoms with E-state index in [1.807, 2.05) is 32.0 Å². The van der Waals surface area contributed by atoms with Gasteiger partial charge in [0.2, 0.25) is 10.0 Å². The van der Waals surface area contributed by atoms with E-state index in [9.17, 15) is 8.42 Å². The van der Waals surface area contributed by atoms with Gasteiger partial charge in [0.05, 0.1) is 5.75 Å². The molecule has 0 aliphatic carbocycles. The Morgan fingerprint density at radius 1 is 1.21 bits per heavy atom. The molecule has 19 heavy (non-hydrogen) atoms. The molecule has 0 radical (unpaired) electrons. The molecule has 5 heteroatoms. The SMILES string of the molecule is CC(C)(CCc1ccccc1)NS(=O)(=O)CCCN. The molecule has 108 valence electrons. The maximum Gasteiger partial charge on any atom is 0.212 e. The average Bonchev–Trinajstić information content (AvgIpc) is 2.34. The molecule has 4 nitrogen and oxygen atoms in total. The second-order valence-electron chi connectivity index (χ2n) is 5.43. The van der Waals surface area contributed by atoms with E-state index in [-0.39, 0.29) is 5.75 Å². The van der Waals surface area contributed by atoms with Gasteiger partial charge in [0, 0.05) is 5.54 Å². The molecule has 1 rings (SSSR count). The van der Waals surface area contributed by atoms with Crippen LogP contribution in [0.4, 0.5) is 0 Å². The summed E-state index contributed by atoms with van der Waals surface area (Å²) < 4.78 is 26.5. The number of hydrogen-bond acceptors (Lipinski definition) is 3. The molecule has 0 heterocycles. The number of rotatable bonds is 8. The van der Waals surface area contributed by atoms with Crippen LogP contribution >= 0.6 is 0 Å². The zero-order valence-electron chi connectivity index (χ0n) is 11.7. The van der Waals surface area contributed by atoms with Crippen molar-refractivity contribution in [2.75, 3.05) is 12.3 Å². The normalized spacial score (nSPS) is 12.6. The lowest BCUT2D eigenvalue weighted by Crippen LogP contribution is -2.44. The van der Waals surface area contributed by atoms with Crippen LogP contribution < -0.4 is 10.5 Å². The molecule has 0 aliphatic rings. The van der Waals surface area contributed by atoms with E-state index in [0.717, 1.165) is 12.8 Å². The Morgan fingerprint density at radius 2 is 1.84 bits per heavy atom. The molecule has 0 atom stereocenters. The summed E-state index contributed by atoms with van der Waals surface area (Å²) in [7, 11) is -3.24. The van der Waals surface area contributed by atoms with Crippen LogP contribution in [0.2, 0.25) is 0 Å². The molecule has 0 spiro atoms. The minimum absolute atomic E-state index is 0.0955. The van der Waals surface area contributed by atoms with Crippen LogP contribution in [0.1, 0.15) is 32.3 Å². The lowest BCUT2D eigenvalue weighted by Gasteiger charge is -2.26. The van der Waals surface area contributed by atoms with Crippen LogP contribution in [0, 0.1) is 0 Å². The standard InChI is InChI=1S/C14H24N2O2S/c1-14(2,16-19(17,18)12-6-11-15)10-9-13-7-4-3-5-8-13/h3-5,7-8,16H,6,9-12,15H2,1-2H3. The first-order valence-corrected chi connectivity index (χ1v) is 8.25. The van der Waals surface area contributed by atoms with Crippen molar-refractivity contribution in [3.8, 4) is 0 Å². The van der Waals surface area contributed by atoms with Crippen molar-refractivity contribution in [3.63, 3.8) is 0 Å². The second kappa shape index (κ2) is 7.03. The topological polar surface area (TPSA) is 72.2 Å². The Balaban J connectivity index is 2.52. The van der Waals surface area contributed by atoms with Gasteiger partial charge in [-0.15, -0.1) is 0 Å². The Labute approximate surface area is 116 Å². The molecule has 0 aliphatic heterocycles. The molecule has 0 aromatic heterocycles. The predicted molar refractivity (Wildman–Crippen MR) is 79.4 cm³/mol. The molecule has 0 amide bonds. The zero-order valence-corrected chi connectivity index (χ0v) is 12.5. The van der Waals surface area contributed by atoms with Crippen molar-refractivity contribution in [1.29, 1.82) is 0 Å². The number of benzene rings is 1. The Bertz CT molecular complexity index is 469. The van der Waals surface area contributed by atoms with Gasteiger partial charge in [0.25, 0.3) is 0 Å². The molecule has 0 bridgehead atoms. The fourth-order valence-corrected chi connectivity index (χ4v) is 3.49. The number of nitrogens with one attached hydrogen (secondary N) is 1. The van der Waals surface area contributed by atoms with Crippen LogP contribution in [0.25, 0.3) is 0 Å². The molecule has 0 saturated heterocycles. The molecular formula is C14H24N2O2S. The summed E-state index contributed by atoms with van der Waals surface area (Å²) in [5.41, 5.74) is 6.12. The third-order valence-corrected chi connectivity index (χ3v) is 4.62. The summed E-state index contributed by atoms with van der Waals surface area (Å²) in [5, 5.41) is 0. The van der Waals surface area contributed by atoms with Crippen molar-refractivity contribution in [2.45, 2.75) is 38.6 Å². The van der Waals surface area contributed by atoms with Gasteiger partial charge in [-0.05, 0) is 45.2 Å². The zero-order chi connectivity index (χ0) is 14.4. The first-order valence-electron chi connectivity index (χ1n) is 6.60. The van der Waals surface area contributed by atoms with Crippen molar-refractivity contribution in [3.05, 3.63) is 35.9 Å². The van der Waals surface area contributed by atoms with Crippen molar-refractivity contribution in [2.24, 2.45) is 5.73 Å². The van der Waals surface area contributed by atoms with E-state index >= 15 is 0 Å². The molecular weight excluding hydrogens is 260 g/mol. The van der Waals surface area contributed by atoms with Gasteiger partial charge in [0.1, 0.15) is 0 Å². The molecule has 1 aromatic rings. The fourth-order valence-electron chi connectivity index (χ4n) is 1.90. The smallest absolute Gasteiger partial charge is 0.212 e. The first-order chi connectivity index (χ1) is 8.85. The highest BCUT2D eigenvalue weighted by Gasteiger charge is 2.24. The van der Waals surface area contributed by atoms with Gasteiger partial charge in [0.15, 0.2) is 0 Å². The largest absolute Gasteiger partial charge is 0.330 e. The second-order valence-corrected chi connectivity index (χ2v) is 7.27. The van der Waals surface area contributed by atoms with Gasteiger partial charge >= 0.3 is 0 Å². The molecule has 0 fully saturated rings.